The number of ether oxygens (including phenoxy) is 2. The fourth-order valence-corrected chi connectivity index (χ4v) is 3.82. The number of benzene rings is 2. The van der Waals surface area contributed by atoms with Crippen molar-refractivity contribution in [1.29, 1.82) is 0 Å². The Morgan fingerprint density at radius 3 is 2.50 bits per heavy atom. The number of ketones is 1. The monoisotopic (exact) mass is 454 g/mol. The molecule has 3 aromatic rings. The van der Waals surface area contributed by atoms with Crippen molar-refractivity contribution in [2.45, 2.75) is 32.5 Å². The predicted molar refractivity (Wildman–Crippen MR) is 118 cm³/mol. The molecule has 1 aromatic heterocycles. The van der Waals surface area contributed by atoms with Gasteiger partial charge in [0.2, 0.25) is 0 Å². The number of aliphatic carboxylic acids is 2. The van der Waals surface area contributed by atoms with Crippen molar-refractivity contribution in [3.8, 4) is 11.5 Å². The summed E-state index contributed by atoms with van der Waals surface area (Å²) in [6.07, 6.45) is -0.712. The molecule has 0 aliphatic heterocycles. The third kappa shape index (κ3) is 5.95. The second kappa shape index (κ2) is 10.6. The Bertz CT molecular complexity index is 1110. The lowest BCUT2D eigenvalue weighted by atomic mass is 9.99. The molecule has 7 nitrogen and oxygen atoms in total. The van der Waals surface area contributed by atoms with Gasteiger partial charge in [-0.3, -0.25) is 9.59 Å². The molecule has 0 spiro atoms. The molecule has 2 N–H and O–H groups in total. The summed E-state index contributed by atoms with van der Waals surface area (Å²) in [6.45, 7) is 2.17. The highest BCUT2D eigenvalue weighted by Crippen LogP contribution is 2.33. The van der Waals surface area contributed by atoms with Gasteiger partial charge in [-0.2, -0.15) is 11.3 Å². The van der Waals surface area contributed by atoms with E-state index in [-0.39, 0.29) is 24.2 Å². The van der Waals surface area contributed by atoms with Crippen molar-refractivity contribution >= 4 is 29.1 Å². The Hall–Kier alpha value is -3.65. The molecule has 1 atom stereocenters. The standard InChI is InChI=1S/C24H22O7S/c1-15-4-2-3-5-18(15)20(8-9-22(25)26)31-21-12-17(30-13-16-10-11-32-14-16)6-7-19(21)23(27)24(28)29/h2-7,10-12,14,20H,8-9,13H2,1H3,(H,25,26)(H,28,29). The molecule has 0 fully saturated rings. The average molecular weight is 455 g/mol. The maximum atomic E-state index is 12.3. The Balaban J connectivity index is 1.95. The molecular formula is C24H22O7S. The highest BCUT2D eigenvalue weighted by Gasteiger charge is 2.24. The van der Waals surface area contributed by atoms with Crippen molar-refractivity contribution in [2.75, 3.05) is 0 Å². The van der Waals surface area contributed by atoms with E-state index in [4.69, 9.17) is 14.6 Å². The van der Waals surface area contributed by atoms with Gasteiger partial charge in [-0.25, -0.2) is 4.79 Å². The summed E-state index contributed by atoms with van der Waals surface area (Å²) in [6, 6.07) is 13.6. The number of carbonyl (C=O) groups is 3. The normalized spacial score (nSPS) is 11.5. The minimum atomic E-state index is -1.61. The van der Waals surface area contributed by atoms with Gasteiger partial charge in [0.1, 0.15) is 24.2 Å². The topological polar surface area (TPSA) is 110 Å². The fraction of sp³-hybridized carbons (Fsp3) is 0.208. The van der Waals surface area contributed by atoms with Crippen LogP contribution in [0.1, 0.15) is 46.0 Å². The Kier molecular flexibility index (Phi) is 7.62. The lowest BCUT2D eigenvalue weighted by Crippen LogP contribution is -2.17. The first-order chi connectivity index (χ1) is 15.3. The number of carboxylic acids is 2. The van der Waals surface area contributed by atoms with E-state index in [0.717, 1.165) is 16.7 Å². The number of hydrogen-bond acceptors (Lipinski definition) is 6. The van der Waals surface area contributed by atoms with Gasteiger partial charge in [0.25, 0.3) is 5.78 Å². The molecule has 0 radical (unpaired) electrons. The average Bonchev–Trinajstić information content (AvgIpc) is 3.29. The molecule has 8 heteroatoms. The maximum absolute atomic E-state index is 12.3. The summed E-state index contributed by atoms with van der Waals surface area (Å²) in [5.41, 5.74) is 2.49. The quantitative estimate of drug-likeness (QED) is 0.314. The molecular weight excluding hydrogens is 432 g/mol. The van der Waals surface area contributed by atoms with Crippen molar-refractivity contribution in [2.24, 2.45) is 0 Å². The van der Waals surface area contributed by atoms with Crippen LogP contribution in [0.3, 0.4) is 0 Å². The second-order valence-corrected chi connectivity index (χ2v) is 7.89. The highest BCUT2D eigenvalue weighted by molar-refractivity contribution is 7.07. The third-order valence-electron chi connectivity index (χ3n) is 4.80. The molecule has 0 aliphatic carbocycles. The number of Topliss-reactive ketones (excluding diaryl/α,β-unsaturated/α-hetero) is 1. The summed E-state index contributed by atoms with van der Waals surface area (Å²) < 4.78 is 11.9. The van der Waals surface area contributed by atoms with Crippen molar-refractivity contribution in [3.63, 3.8) is 0 Å². The van der Waals surface area contributed by atoms with Crippen LogP contribution >= 0.6 is 11.3 Å². The van der Waals surface area contributed by atoms with Crippen LogP contribution in [0.15, 0.2) is 59.3 Å². The number of carbonyl (C=O) groups excluding carboxylic acids is 1. The molecule has 166 valence electrons. The van der Waals surface area contributed by atoms with E-state index in [1.807, 2.05) is 48.0 Å². The first-order valence-electron chi connectivity index (χ1n) is 9.84. The van der Waals surface area contributed by atoms with Gasteiger partial charge in [0.15, 0.2) is 0 Å². The molecule has 0 saturated heterocycles. The lowest BCUT2D eigenvalue weighted by Gasteiger charge is -2.22. The molecule has 0 aliphatic rings. The summed E-state index contributed by atoms with van der Waals surface area (Å²) in [5, 5.41) is 22.2. The van der Waals surface area contributed by atoms with Crippen LogP contribution in [0.2, 0.25) is 0 Å². The maximum Gasteiger partial charge on any atom is 0.377 e. The second-order valence-electron chi connectivity index (χ2n) is 7.11. The molecule has 1 unspecified atom stereocenters. The van der Waals surface area contributed by atoms with Gasteiger partial charge in [0, 0.05) is 12.5 Å². The molecule has 1 heterocycles. The number of thiophene rings is 1. The summed E-state index contributed by atoms with van der Waals surface area (Å²) in [5.74, 6) is -3.29. The van der Waals surface area contributed by atoms with E-state index in [1.165, 1.54) is 18.2 Å². The summed E-state index contributed by atoms with van der Waals surface area (Å²) in [4.78, 5) is 34.8. The largest absolute Gasteiger partial charge is 0.489 e. The Morgan fingerprint density at radius 2 is 1.84 bits per heavy atom. The molecule has 0 bridgehead atoms. The van der Waals surface area contributed by atoms with Crippen molar-refractivity contribution in [1.82, 2.24) is 0 Å². The molecule has 2 aromatic carbocycles. The third-order valence-corrected chi connectivity index (χ3v) is 5.53. The van der Waals surface area contributed by atoms with Crippen molar-refractivity contribution in [3.05, 3.63) is 81.5 Å². The van der Waals surface area contributed by atoms with Gasteiger partial charge < -0.3 is 19.7 Å². The number of carboxylic acid groups (broad SMARTS) is 2. The van der Waals surface area contributed by atoms with Crippen LogP contribution in [-0.4, -0.2) is 27.9 Å². The van der Waals surface area contributed by atoms with Gasteiger partial charge >= 0.3 is 11.9 Å². The van der Waals surface area contributed by atoms with Crippen LogP contribution in [-0.2, 0) is 16.2 Å². The number of aryl methyl sites for hydroxylation is 1. The van der Waals surface area contributed by atoms with E-state index in [0.29, 0.717) is 12.4 Å². The van der Waals surface area contributed by atoms with Crippen LogP contribution in [0.5, 0.6) is 11.5 Å². The van der Waals surface area contributed by atoms with Crippen LogP contribution in [0.25, 0.3) is 0 Å². The zero-order chi connectivity index (χ0) is 23.1. The van der Waals surface area contributed by atoms with Gasteiger partial charge in [-0.1, -0.05) is 24.3 Å². The zero-order valence-electron chi connectivity index (χ0n) is 17.3. The van der Waals surface area contributed by atoms with Gasteiger partial charge in [-0.15, -0.1) is 0 Å². The fourth-order valence-electron chi connectivity index (χ4n) is 3.17. The van der Waals surface area contributed by atoms with Crippen LogP contribution < -0.4 is 9.47 Å². The van der Waals surface area contributed by atoms with E-state index in [9.17, 15) is 19.5 Å². The van der Waals surface area contributed by atoms with Gasteiger partial charge in [0.05, 0.1) is 5.56 Å². The van der Waals surface area contributed by atoms with Gasteiger partial charge in [-0.05, 0) is 59.0 Å². The van der Waals surface area contributed by atoms with E-state index in [1.54, 1.807) is 11.3 Å². The van der Waals surface area contributed by atoms with E-state index in [2.05, 4.69) is 0 Å². The van der Waals surface area contributed by atoms with Crippen LogP contribution in [0.4, 0.5) is 0 Å². The van der Waals surface area contributed by atoms with Crippen LogP contribution in [0, 0.1) is 6.92 Å². The summed E-state index contributed by atoms with van der Waals surface area (Å²) >= 11 is 1.54. The first kappa shape index (κ1) is 23.0. The lowest BCUT2D eigenvalue weighted by molar-refractivity contribution is -0.137. The predicted octanol–water partition coefficient (Wildman–Crippen LogP) is 4.89. The Labute approximate surface area is 188 Å². The Morgan fingerprint density at radius 1 is 1.06 bits per heavy atom. The number of rotatable bonds is 11. The minimum Gasteiger partial charge on any atom is -0.489 e. The summed E-state index contributed by atoms with van der Waals surface area (Å²) in [7, 11) is 0. The van der Waals surface area contributed by atoms with Crippen molar-refractivity contribution < 1.29 is 34.1 Å². The van der Waals surface area contributed by atoms with E-state index >= 15 is 0 Å². The molecule has 32 heavy (non-hydrogen) atoms. The zero-order valence-corrected chi connectivity index (χ0v) is 18.1. The minimum absolute atomic E-state index is 0.0267. The SMILES string of the molecule is Cc1ccccc1C(CCC(=O)O)Oc1cc(OCc2ccsc2)ccc1C(=O)C(=O)O. The first-order valence-corrected chi connectivity index (χ1v) is 10.8. The number of hydrogen-bond donors (Lipinski definition) is 2. The smallest absolute Gasteiger partial charge is 0.377 e. The molecule has 3 rings (SSSR count). The molecule has 0 saturated carbocycles. The molecule has 0 amide bonds. The van der Waals surface area contributed by atoms with E-state index < -0.39 is 23.8 Å². The highest BCUT2D eigenvalue weighted by atomic mass is 32.1.